The van der Waals surface area contributed by atoms with Gasteiger partial charge in [-0.05, 0) is 0 Å². The third-order valence-electron chi connectivity index (χ3n) is 5.70. The molecule has 0 unspecified atom stereocenters. The molecule has 0 bridgehead atoms. The number of hydrogen-bond acceptors (Lipinski definition) is 8. The fraction of sp³-hybridized carbons (Fsp3) is 0.571. The fourth-order valence-electron chi connectivity index (χ4n) is 4.05. The van der Waals surface area contributed by atoms with Gasteiger partial charge in [-0.25, -0.2) is 0 Å². The Morgan fingerprint density at radius 1 is 1.00 bits per heavy atom. The van der Waals surface area contributed by atoms with Gasteiger partial charge in [0.1, 0.15) is 0 Å². The molecule has 1 radical (unpaired) electrons. The molecule has 1 fully saturated rings. The van der Waals surface area contributed by atoms with Crippen LogP contribution in [0.1, 0.15) is 64.7 Å². The van der Waals surface area contributed by atoms with Crippen molar-refractivity contribution in [2.45, 2.75) is 76.8 Å². The van der Waals surface area contributed by atoms with Crippen LogP contribution in [0, 0.1) is 0 Å². The van der Waals surface area contributed by atoms with E-state index < -0.39 is 45.1 Å². The number of rotatable bonds is 11. The molecule has 2 rings (SSSR count). The minimum atomic E-state index is -1.04. The molecule has 1 aliphatic rings. The van der Waals surface area contributed by atoms with Gasteiger partial charge in [-0.3, -0.25) is 0 Å². The number of carbonyl (C=O) groups is 5. The van der Waals surface area contributed by atoms with E-state index in [9.17, 15) is 24.0 Å². The van der Waals surface area contributed by atoms with Crippen molar-refractivity contribution in [2.24, 2.45) is 16.5 Å². The van der Waals surface area contributed by atoms with Gasteiger partial charge in [0, 0.05) is 0 Å². The van der Waals surface area contributed by atoms with Crippen LogP contribution >= 0.6 is 0 Å². The second-order valence-electron chi connectivity index (χ2n) is 11.7. The number of esters is 1. The van der Waals surface area contributed by atoms with Crippen LogP contribution in [0.15, 0.2) is 29.3 Å². The van der Waals surface area contributed by atoms with Crippen LogP contribution < -0.4 is 16.8 Å². The number of amides is 3. The molecule has 5 N–H and O–H groups in total. The first-order valence-electron chi connectivity index (χ1n) is 13.6. The molecule has 0 spiro atoms. The van der Waals surface area contributed by atoms with Crippen LogP contribution in [-0.4, -0.2) is 103 Å². The van der Waals surface area contributed by atoms with Crippen LogP contribution in [0.4, 0.5) is 10.5 Å². The standard InChI is InChI=1S/C28H42AsN6O7/c1-27(2,3)41-22(37)17-34-14-15-35(20(24(34)39)8-7-13-32-26(40)42-28(4,5)6)21(36)16-29-23(38)18-9-11-19(12-10-18)33-25(30)31/h9-12,20H,7-8,13-17H2,1-6H3,(H,32,40)(H4,30,31,33)/t20-/m0/s1. The number of piperazine rings is 1. The molecule has 1 heterocycles. The zero-order chi connectivity index (χ0) is 31.7. The summed E-state index contributed by atoms with van der Waals surface area (Å²) in [6.45, 7) is 10.9. The van der Waals surface area contributed by atoms with Gasteiger partial charge in [0.05, 0.1) is 0 Å². The van der Waals surface area contributed by atoms with Crippen molar-refractivity contribution in [1.82, 2.24) is 15.1 Å². The normalized spacial score (nSPS) is 15.9. The fourth-order valence-corrected chi connectivity index (χ4v) is 5.71. The van der Waals surface area contributed by atoms with E-state index in [0.717, 1.165) is 0 Å². The number of nitrogens with zero attached hydrogens (tertiary/aromatic N) is 3. The summed E-state index contributed by atoms with van der Waals surface area (Å²) in [6, 6.07) is 5.58. The maximum absolute atomic E-state index is 13.4. The van der Waals surface area contributed by atoms with Crippen molar-refractivity contribution in [3.63, 3.8) is 0 Å². The van der Waals surface area contributed by atoms with Crippen molar-refractivity contribution in [3.8, 4) is 0 Å². The summed E-state index contributed by atoms with van der Waals surface area (Å²) in [5.74, 6) is -1.32. The van der Waals surface area contributed by atoms with E-state index in [1.54, 1.807) is 65.8 Å². The molecule has 0 aliphatic carbocycles. The summed E-state index contributed by atoms with van der Waals surface area (Å²) in [5, 5.41) is 2.65. The van der Waals surface area contributed by atoms with E-state index in [1.165, 1.54) is 9.80 Å². The molecule has 3 amide bonds. The van der Waals surface area contributed by atoms with Crippen LogP contribution in [0.3, 0.4) is 0 Å². The Labute approximate surface area is 253 Å². The van der Waals surface area contributed by atoms with Crippen molar-refractivity contribution in [3.05, 3.63) is 29.8 Å². The van der Waals surface area contributed by atoms with Crippen LogP contribution in [0.25, 0.3) is 0 Å². The van der Waals surface area contributed by atoms with Crippen molar-refractivity contribution in [1.29, 1.82) is 0 Å². The number of carbonyl (C=O) groups excluding carboxylic acids is 5. The Bertz CT molecular complexity index is 1170. The van der Waals surface area contributed by atoms with E-state index in [2.05, 4.69) is 10.3 Å². The molecular weight excluding hydrogens is 607 g/mol. The summed E-state index contributed by atoms with van der Waals surface area (Å²) < 4.78 is 10.5. The van der Waals surface area contributed by atoms with E-state index >= 15 is 0 Å². The number of aliphatic imine (C=N–C) groups is 1. The second-order valence-corrected chi connectivity index (χ2v) is 13.9. The van der Waals surface area contributed by atoms with Crippen LogP contribution in [0.5, 0.6) is 0 Å². The molecule has 1 aliphatic heterocycles. The number of guanidine groups is 1. The van der Waals surface area contributed by atoms with E-state index in [-0.39, 0.29) is 60.2 Å². The predicted molar refractivity (Wildman–Crippen MR) is 158 cm³/mol. The van der Waals surface area contributed by atoms with Crippen LogP contribution in [-0.2, 0) is 23.9 Å². The van der Waals surface area contributed by atoms with Crippen molar-refractivity contribution >= 4 is 55.8 Å². The summed E-state index contributed by atoms with van der Waals surface area (Å²) >= 11 is -1.04. The SMILES string of the molecule is CC(C)(C)OC(=O)CN1CCN(C(=O)C[As]C(=O)c2ccc(N=C(N)N)cc2)[C@@H](CCCNC(=O)OC(C)(C)C)C1=O. The number of hydrogen-bond donors (Lipinski definition) is 3. The maximum atomic E-state index is 13.4. The number of ether oxygens (including phenoxy) is 2. The molecule has 14 heteroatoms. The monoisotopic (exact) mass is 649 g/mol. The Morgan fingerprint density at radius 2 is 1.62 bits per heavy atom. The first-order valence-corrected chi connectivity index (χ1v) is 15.9. The minimum absolute atomic E-state index is 0.00299. The third-order valence-corrected chi connectivity index (χ3v) is 7.74. The molecular formula is C28H42AsN6O7. The molecule has 1 aromatic carbocycles. The molecule has 42 heavy (non-hydrogen) atoms. The van der Waals surface area contributed by atoms with E-state index in [0.29, 0.717) is 17.7 Å². The average Bonchev–Trinajstić information content (AvgIpc) is 2.84. The summed E-state index contributed by atoms with van der Waals surface area (Å²) in [4.78, 5) is 70.7. The van der Waals surface area contributed by atoms with Gasteiger partial charge in [-0.1, -0.05) is 0 Å². The van der Waals surface area contributed by atoms with Gasteiger partial charge in [-0.2, -0.15) is 0 Å². The Balaban J connectivity index is 2.06. The summed E-state index contributed by atoms with van der Waals surface area (Å²) in [7, 11) is 0. The Morgan fingerprint density at radius 3 is 2.19 bits per heavy atom. The molecule has 1 aromatic rings. The molecule has 13 nitrogen and oxygen atoms in total. The second kappa shape index (κ2) is 15.0. The van der Waals surface area contributed by atoms with Gasteiger partial charge in [-0.15, -0.1) is 0 Å². The molecule has 231 valence electrons. The average molecular weight is 650 g/mol. The number of nitrogens with two attached hydrogens (primary N) is 2. The number of benzene rings is 1. The van der Waals surface area contributed by atoms with Gasteiger partial charge in [0.25, 0.3) is 0 Å². The zero-order valence-electron chi connectivity index (χ0n) is 25.1. The molecule has 0 aromatic heterocycles. The van der Waals surface area contributed by atoms with Gasteiger partial charge >= 0.3 is 254 Å². The number of nitrogens with one attached hydrogen (secondary N) is 1. The van der Waals surface area contributed by atoms with E-state index in [4.69, 9.17) is 20.9 Å². The van der Waals surface area contributed by atoms with Crippen molar-refractivity contribution < 1.29 is 33.4 Å². The van der Waals surface area contributed by atoms with E-state index in [1.807, 2.05) is 0 Å². The molecule has 0 saturated carbocycles. The Kier molecular flexibility index (Phi) is 12.4. The third kappa shape index (κ3) is 12.1. The van der Waals surface area contributed by atoms with Gasteiger partial charge < -0.3 is 0 Å². The summed E-state index contributed by atoms with van der Waals surface area (Å²) in [6.07, 6.45) is 0.0574. The predicted octanol–water partition coefficient (Wildman–Crippen LogP) is 1.54. The first-order chi connectivity index (χ1) is 19.4. The summed E-state index contributed by atoms with van der Waals surface area (Å²) in [5.41, 5.74) is 10.3. The molecule has 1 saturated heterocycles. The van der Waals surface area contributed by atoms with Gasteiger partial charge in [0.15, 0.2) is 0 Å². The number of alkyl carbamates (subject to hydrolysis) is 1. The van der Waals surface area contributed by atoms with Crippen LogP contribution in [0.2, 0.25) is 5.21 Å². The zero-order valence-corrected chi connectivity index (χ0v) is 27.0. The Hall–Kier alpha value is -3.60. The molecule has 1 atom stereocenters. The van der Waals surface area contributed by atoms with Gasteiger partial charge in [0.2, 0.25) is 0 Å². The van der Waals surface area contributed by atoms with Crippen molar-refractivity contribution in [2.75, 3.05) is 26.2 Å². The topological polar surface area (TPSA) is 187 Å². The first kappa shape index (κ1) is 34.6. The quantitative estimate of drug-likeness (QED) is 0.105.